The van der Waals surface area contributed by atoms with Gasteiger partial charge in [-0.3, -0.25) is 0 Å². The topological polar surface area (TPSA) is 42.4 Å². The standard InChI is InChI=1S/C14H17NO2S/c1-9-11(3)18-14(15-9)8-17-13-6-4-5-12(7-13)10(2)16/h4-7,10,16H,8H2,1-3H3/t10-/m1/s1. The van der Waals surface area contributed by atoms with Gasteiger partial charge in [0.2, 0.25) is 0 Å². The lowest BCUT2D eigenvalue weighted by Crippen LogP contribution is -1.97. The minimum atomic E-state index is -0.474. The van der Waals surface area contributed by atoms with Crippen molar-refractivity contribution < 1.29 is 9.84 Å². The van der Waals surface area contributed by atoms with Gasteiger partial charge in [0.05, 0.1) is 11.8 Å². The zero-order valence-electron chi connectivity index (χ0n) is 10.8. The monoisotopic (exact) mass is 263 g/mol. The van der Waals surface area contributed by atoms with Crippen molar-refractivity contribution in [3.8, 4) is 5.75 Å². The summed E-state index contributed by atoms with van der Waals surface area (Å²) in [5.41, 5.74) is 1.93. The number of nitrogens with zero attached hydrogens (tertiary/aromatic N) is 1. The van der Waals surface area contributed by atoms with Crippen molar-refractivity contribution in [2.45, 2.75) is 33.5 Å². The van der Waals surface area contributed by atoms with Gasteiger partial charge in [-0.2, -0.15) is 0 Å². The molecule has 96 valence electrons. The molecule has 1 atom stereocenters. The number of aromatic nitrogens is 1. The van der Waals surface area contributed by atoms with E-state index in [2.05, 4.69) is 11.9 Å². The lowest BCUT2D eigenvalue weighted by atomic mass is 10.1. The first-order valence-corrected chi connectivity index (χ1v) is 6.71. The van der Waals surface area contributed by atoms with Crippen molar-refractivity contribution in [1.29, 1.82) is 0 Å². The van der Waals surface area contributed by atoms with Crippen molar-refractivity contribution in [1.82, 2.24) is 4.98 Å². The Kier molecular flexibility index (Phi) is 3.99. The van der Waals surface area contributed by atoms with Crippen molar-refractivity contribution in [3.05, 3.63) is 45.4 Å². The van der Waals surface area contributed by atoms with Crippen LogP contribution in [0.15, 0.2) is 24.3 Å². The summed E-state index contributed by atoms with van der Waals surface area (Å²) in [5.74, 6) is 0.763. The van der Waals surface area contributed by atoms with Crippen molar-refractivity contribution in [2.75, 3.05) is 0 Å². The molecule has 0 fully saturated rings. The molecule has 4 heteroatoms. The number of ether oxygens (including phenoxy) is 1. The van der Waals surface area contributed by atoms with E-state index in [0.29, 0.717) is 6.61 Å². The molecular weight excluding hydrogens is 246 g/mol. The summed E-state index contributed by atoms with van der Waals surface area (Å²) in [5, 5.41) is 10.5. The number of benzene rings is 1. The molecule has 18 heavy (non-hydrogen) atoms. The van der Waals surface area contributed by atoms with Crippen LogP contribution >= 0.6 is 11.3 Å². The number of aliphatic hydroxyl groups excluding tert-OH is 1. The minimum Gasteiger partial charge on any atom is -0.486 e. The maximum Gasteiger partial charge on any atom is 0.140 e. The molecule has 0 unspecified atom stereocenters. The van der Waals surface area contributed by atoms with E-state index in [-0.39, 0.29) is 0 Å². The summed E-state index contributed by atoms with van der Waals surface area (Å²) >= 11 is 1.66. The molecule has 0 aliphatic carbocycles. The summed E-state index contributed by atoms with van der Waals surface area (Å²) in [6.07, 6.45) is -0.474. The second-order valence-electron chi connectivity index (χ2n) is 4.29. The van der Waals surface area contributed by atoms with Crippen molar-refractivity contribution >= 4 is 11.3 Å². The number of hydrogen-bond acceptors (Lipinski definition) is 4. The molecule has 0 saturated carbocycles. The Hall–Kier alpha value is -1.39. The predicted octanol–water partition coefficient (Wildman–Crippen LogP) is 3.39. The highest BCUT2D eigenvalue weighted by Gasteiger charge is 2.06. The fraction of sp³-hybridized carbons (Fsp3) is 0.357. The van der Waals surface area contributed by atoms with Crippen LogP contribution in [0.3, 0.4) is 0 Å². The lowest BCUT2D eigenvalue weighted by molar-refractivity contribution is 0.198. The smallest absolute Gasteiger partial charge is 0.140 e. The second-order valence-corrected chi connectivity index (χ2v) is 5.57. The van der Waals surface area contributed by atoms with E-state index in [1.165, 1.54) is 4.88 Å². The molecule has 0 aliphatic rings. The van der Waals surface area contributed by atoms with E-state index in [1.54, 1.807) is 18.3 Å². The van der Waals surface area contributed by atoms with Crippen molar-refractivity contribution in [2.24, 2.45) is 0 Å². The van der Waals surface area contributed by atoms with Gasteiger partial charge in [-0.1, -0.05) is 12.1 Å². The molecule has 1 aromatic carbocycles. The summed E-state index contributed by atoms with van der Waals surface area (Å²) < 4.78 is 5.69. The van der Waals surface area contributed by atoms with E-state index >= 15 is 0 Å². The summed E-state index contributed by atoms with van der Waals surface area (Å²) in [6.45, 7) is 6.28. The largest absolute Gasteiger partial charge is 0.486 e. The molecule has 1 N–H and O–H groups in total. The van der Waals surface area contributed by atoms with Gasteiger partial charge in [-0.15, -0.1) is 11.3 Å². The third-order valence-corrected chi connectivity index (χ3v) is 3.82. The quantitative estimate of drug-likeness (QED) is 0.919. The van der Waals surface area contributed by atoms with E-state index in [1.807, 2.05) is 31.2 Å². The Morgan fingerprint density at radius 1 is 1.39 bits per heavy atom. The van der Waals surface area contributed by atoms with Crippen LogP contribution in [0.4, 0.5) is 0 Å². The van der Waals surface area contributed by atoms with Gasteiger partial charge in [-0.05, 0) is 38.5 Å². The van der Waals surface area contributed by atoms with Gasteiger partial charge in [-0.25, -0.2) is 4.98 Å². The Labute approximate surface area is 111 Å². The molecular formula is C14H17NO2S. The van der Waals surface area contributed by atoms with Gasteiger partial charge in [0.25, 0.3) is 0 Å². The first-order valence-electron chi connectivity index (χ1n) is 5.90. The van der Waals surface area contributed by atoms with Crippen LogP contribution in [0.2, 0.25) is 0 Å². The minimum absolute atomic E-state index is 0.474. The number of aliphatic hydroxyl groups is 1. The molecule has 0 saturated heterocycles. The molecule has 2 aromatic rings. The Balaban J connectivity index is 2.03. The molecule has 0 bridgehead atoms. The summed E-state index contributed by atoms with van der Waals surface area (Å²) in [7, 11) is 0. The van der Waals surface area contributed by atoms with E-state index in [0.717, 1.165) is 22.0 Å². The second kappa shape index (κ2) is 5.50. The summed E-state index contributed by atoms with van der Waals surface area (Å²) in [4.78, 5) is 5.66. The normalized spacial score (nSPS) is 12.4. The lowest BCUT2D eigenvalue weighted by Gasteiger charge is -2.08. The van der Waals surface area contributed by atoms with Crippen molar-refractivity contribution in [3.63, 3.8) is 0 Å². The Bertz CT molecular complexity index is 515. The fourth-order valence-electron chi connectivity index (χ4n) is 1.61. The number of thiazole rings is 1. The highest BCUT2D eigenvalue weighted by Crippen LogP contribution is 2.21. The maximum atomic E-state index is 9.51. The first kappa shape index (κ1) is 13.1. The molecule has 3 nitrogen and oxygen atoms in total. The SMILES string of the molecule is Cc1nc(COc2cccc([C@@H](C)O)c2)sc1C. The molecule has 0 amide bonds. The average molecular weight is 263 g/mol. The third kappa shape index (κ3) is 3.09. The average Bonchev–Trinajstić information content (AvgIpc) is 2.67. The highest BCUT2D eigenvalue weighted by molar-refractivity contribution is 7.11. The Morgan fingerprint density at radius 3 is 2.78 bits per heavy atom. The van der Waals surface area contributed by atoms with E-state index < -0.39 is 6.10 Å². The molecule has 0 aliphatic heterocycles. The zero-order chi connectivity index (χ0) is 13.1. The zero-order valence-corrected chi connectivity index (χ0v) is 11.6. The van der Waals surface area contributed by atoms with Crippen LogP contribution in [0.25, 0.3) is 0 Å². The van der Waals surface area contributed by atoms with E-state index in [4.69, 9.17) is 4.74 Å². The predicted molar refractivity (Wildman–Crippen MR) is 73.0 cm³/mol. The number of hydrogen-bond donors (Lipinski definition) is 1. The van der Waals surface area contributed by atoms with Gasteiger partial charge >= 0.3 is 0 Å². The van der Waals surface area contributed by atoms with Gasteiger partial charge < -0.3 is 9.84 Å². The Morgan fingerprint density at radius 2 is 2.17 bits per heavy atom. The summed E-state index contributed by atoms with van der Waals surface area (Å²) in [6, 6.07) is 7.52. The van der Waals surface area contributed by atoms with Crippen LogP contribution in [0.5, 0.6) is 5.75 Å². The molecule has 0 spiro atoms. The van der Waals surface area contributed by atoms with Crippen LogP contribution in [-0.2, 0) is 6.61 Å². The fourth-order valence-corrected chi connectivity index (χ4v) is 2.46. The van der Waals surface area contributed by atoms with Crippen LogP contribution in [0.1, 0.15) is 34.2 Å². The molecule has 0 radical (unpaired) electrons. The van der Waals surface area contributed by atoms with Gasteiger partial charge in [0.15, 0.2) is 0 Å². The maximum absolute atomic E-state index is 9.51. The van der Waals surface area contributed by atoms with Crippen LogP contribution < -0.4 is 4.74 Å². The third-order valence-electron chi connectivity index (χ3n) is 2.78. The number of rotatable bonds is 4. The van der Waals surface area contributed by atoms with Crippen LogP contribution in [-0.4, -0.2) is 10.1 Å². The highest BCUT2D eigenvalue weighted by atomic mass is 32.1. The van der Waals surface area contributed by atoms with E-state index in [9.17, 15) is 5.11 Å². The first-order chi connectivity index (χ1) is 8.56. The molecule has 1 heterocycles. The molecule has 2 rings (SSSR count). The van der Waals surface area contributed by atoms with Gasteiger partial charge in [0.1, 0.15) is 17.4 Å². The van der Waals surface area contributed by atoms with Crippen LogP contribution in [0, 0.1) is 13.8 Å². The molecule has 1 aromatic heterocycles. The number of aryl methyl sites for hydroxylation is 2. The van der Waals surface area contributed by atoms with Gasteiger partial charge in [0, 0.05) is 4.88 Å².